The Balaban J connectivity index is 1.43. The van der Waals surface area contributed by atoms with Gasteiger partial charge in [-0.15, -0.1) is 0 Å². The van der Waals surface area contributed by atoms with Gasteiger partial charge >= 0.3 is 5.97 Å². The number of ether oxygens (including phenoxy) is 1. The molecule has 7 heteroatoms. The summed E-state index contributed by atoms with van der Waals surface area (Å²) in [6.45, 7) is 3.49. The summed E-state index contributed by atoms with van der Waals surface area (Å²) in [5.74, 6) is -0.982. The second kappa shape index (κ2) is 8.16. The highest BCUT2D eigenvalue weighted by Gasteiger charge is 2.20. The van der Waals surface area contributed by atoms with Gasteiger partial charge in [0.05, 0.1) is 22.5 Å². The van der Waals surface area contributed by atoms with Crippen LogP contribution in [0.3, 0.4) is 0 Å². The van der Waals surface area contributed by atoms with Crippen molar-refractivity contribution in [1.29, 1.82) is 0 Å². The first-order chi connectivity index (χ1) is 14.5. The van der Waals surface area contributed by atoms with Gasteiger partial charge in [0.25, 0.3) is 5.91 Å². The number of carbonyl (C=O) groups is 2. The van der Waals surface area contributed by atoms with Crippen molar-refractivity contribution in [3.8, 4) is 5.69 Å². The molecule has 4 aromatic rings. The van der Waals surface area contributed by atoms with Crippen LogP contribution in [0.15, 0.2) is 73.1 Å². The largest absolute Gasteiger partial charge is 0.449 e. The Labute approximate surface area is 173 Å². The minimum atomic E-state index is -0.961. The third kappa shape index (κ3) is 3.91. The van der Waals surface area contributed by atoms with Gasteiger partial charge < -0.3 is 10.1 Å². The zero-order chi connectivity index (χ0) is 21.1. The molecule has 2 aromatic heterocycles. The molecule has 0 saturated carbocycles. The first-order valence-corrected chi connectivity index (χ1v) is 9.49. The van der Waals surface area contributed by atoms with E-state index in [1.807, 2.05) is 31.2 Å². The first kappa shape index (κ1) is 19.3. The maximum atomic E-state index is 12.5. The predicted molar refractivity (Wildman–Crippen MR) is 114 cm³/mol. The van der Waals surface area contributed by atoms with Gasteiger partial charge in [0, 0.05) is 23.5 Å². The fourth-order valence-corrected chi connectivity index (χ4v) is 3.11. The van der Waals surface area contributed by atoms with Crippen LogP contribution in [-0.4, -0.2) is 32.7 Å². The lowest BCUT2D eigenvalue weighted by molar-refractivity contribution is -0.123. The van der Waals surface area contributed by atoms with Gasteiger partial charge in [-0.1, -0.05) is 6.07 Å². The van der Waals surface area contributed by atoms with Crippen molar-refractivity contribution < 1.29 is 14.3 Å². The molecule has 0 aliphatic carbocycles. The Morgan fingerprint density at radius 1 is 1.00 bits per heavy atom. The Morgan fingerprint density at radius 2 is 1.80 bits per heavy atom. The summed E-state index contributed by atoms with van der Waals surface area (Å²) in [4.78, 5) is 29.3. The summed E-state index contributed by atoms with van der Waals surface area (Å²) in [7, 11) is 0. The Hall–Kier alpha value is -4.00. The van der Waals surface area contributed by atoms with Crippen molar-refractivity contribution in [3.63, 3.8) is 0 Å². The van der Waals surface area contributed by atoms with E-state index in [4.69, 9.17) is 4.74 Å². The van der Waals surface area contributed by atoms with Crippen LogP contribution < -0.4 is 5.32 Å². The Morgan fingerprint density at radius 3 is 2.53 bits per heavy atom. The minimum Gasteiger partial charge on any atom is -0.449 e. The highest BCUT2D eigenvalue weighted by molar-refractivity contribution is 6.03. The number of aryl methyl sites for hydroxylation is 1. The molecule has 0 fully saturated rings. The quantitative estimate of drug-likeness (QED) is 0.513. The number of hydrogen-bond acceptors (Lipinski definition) is 5. The summed E-state index contributed by atoms with van der Waals surface area (Å²) < 4.78 is 7.12. The molecule has 1 amide bonds. The van der Waals surface area contributed by atoms with E-state index in [0.29, 0.717) is 11.3 Å². The lowest BCUT2D eigenvalue weighted by Gasteiger charge is -2.15. The van der Waals surface area contributed by atoms with E-state index in [-0.39, 0.29) is 0 Å². The fraction of sp³-hybridized carbons (Fsp3) is 0.130. The van der Waals surface area contributed by atoms with E-state index < -0.39 is 18.0 Å². The Kier molecular flexibility index (Phi) is 5.26. The molecule has 150 valence electrons. The molecule has 1 N–H and O–H groups in total. The van der Waals surface area contributed by atoms with Crippen molar-refractivity contribution in [2.24, 2.45) is 0 Å². The number of anilines is 1. The number of pyridine rings is 1. The molecule has 1 unspecified atom stereocenters. The molecule has 1 atom stereocenters. The highest BCUT2D eigenvalue weighted by Crippen LogP contribution is 2.21. The molecule has 0 radical (unpaired) electrons. The number of nitrogens with one attached hydrogen (secondary N) is 1. The predicted octanol–water partition coefficient (Wildman–Crippen LogP) is 3.91. The summed E-state index contributed by atoms with van der Waals surface area (Å²) in [6, 6.07) is 17.9. The molecule has 30 heavy (non-hydrogen) atoms. The molecule has 2 heterocycles. The molecule has 0 aliphatic heterocycles. The van der Waals surface area contributed by atoms with Crippen LogP contribution >= 0.6 is 0 Å². The average molecular weight is 400 g/mol. The van der Waals surface area contributed by atoms with Gasteiger partial charge in [0.15, 0.2) is 6.10 Å². The highest BCUT2D eigenvalue weighted by atomic mass is 16.5. The normalized spacial score (nSPS) is 11.8. The Bertz CT molecular complexity index is 1210. The van der Waals surface area contributed by atoms with E-state index in [9.17, 15) is 9.59 Å². The zero-order valence-corrected chi connectivity index (χ0v) is 16.6. The maximum Gasteiger partial charge on any atom is 0.338 e. The van der Waals surface area contributed by atoms with Gasteiger partial charge in [-0.05, 0) is 68.4 Å². The van der Waals surface area contributed by atoms with Gasteiger partial charge in [-0.3, -0.25) is 9.78 Å². The molecule has 0 aliphatic rings. The molecular formula is C23H20N4O3. The zero-order valence-electron chi connectivity index (χ0n) is 16.6. The second-order valence-electron chi connectivity index (χ2n) is 6.84. The van der Waals surface area contributed by atoms with Crippen LogP contribution in [0.25, 0.3) is 16.6 Å². The molecule has 0 spiro atoms. The third-order valence-electron chi connectivity index (χ3n) is 4.74. The van der Waals surface area contributed by atoms with E-state index in [1.54, 1.807) is 53.5 Å². The lowest BCUT2D eigenvalue weighted by atomic mass is 10.1. The number of hydrogen-bond donors (Lipinski definition) is 1. The van der Waals surface area contributed by atoms with E-state index in [1.165, 1.54) is 6.92 Å². The van der Waals surface area contributed by atoms with E-state index >= 15 is 0 Å². The number of esters is 1. The van der Waals surface area contributed by atoms with Crippen molar-refractivity contribution in [2.45, 2.75) is 20.0 Å². The number of fused-ring (bicyclic) bond motifs is 1. The summed E-state index contributed by atoms with van der Waals surface area (Å²) in [5, 5.41) is 7.86. The monoisotopic (exact) mass is 400 g/mol. The SMILES string of the molecule is Cc1ccnn1-c1ccc(C(=O)OC(C)C(=O)Nc2cccc3ncccc23)cc1. The molecule has 2 aromatic carbocycles. The van der Waals surface area contributed by atoms with E-state index in [0.717, 1.165) is 22.3 Å². The standard InChI is InChI=1S/C23H20N4O3/c1-15-12-14-25-27(15)18-10-8-17(9-11-18)23(29)30-16(2)22(28)26-21-7-3-6-20-19(21)5-4-13-24-20/h3-14,16H,1-2H3,(H,26,28). The van der Waals surface area contributed by atoms with Crippen LogP contribution in [0.4, 0.5) is 5.69 Å². The molecule has 0 bridgehead atoms. The summed E-state index contributed by atoms with van der Waals surface area (Å²) in [6.07, 6.45) is 2.44. The van der Waals surface area contributed by atoms with Crippen molar-refractivity contribution in [1.82, 2.24) is 14.8 Å². The topological polar surface area (TPSA) is 86.1 Å². The van der Waals surface area contributed by atoms with Crippen LogP contribution in [0.2, 0.25) is 0 Å². The number of nitrogens with zero attached hydrogens (tertiary/aromatic N) is 3. The van der Waals surface area contributed by atoms with Crippen LogP contribution in [0.5, 0.6) is 0 Å². The van der Waals surface area contributed by atoms with Gasteiger partial charge in [-0.25, -0.2) is 9.48 Å². The lowest BCUT2D eigenvalue weighted by Crippen LogP contribution is -2.30. The van der Waals surface area contributed by atoms with Crippen LogP contribution in [0.1, 0.15) is 23.0 Å². The molecule has 4 rings (SSSR count). The van der Waals surface area contributed by atoms with Gasteiger partial charge in [0.2, 0.25) is 0 Å². The van der Waals surface area contributed by atoms with E-state index in [2.05, 4.69) is 15.4 Å². The minimum absolute atomic E-state index is 0.359. The number of aromatic nitrogens is 3. The van der Waals surface area contributed by atoms with Crippen LogP contribution in [-0.2, 0) is 9.53 Å². The summed E-state index contributed by atoms with van der Waals surface area (Å²) in [5.41, 5.74) is 3.57. The van der Waals surface area contributed by atoms with Gasteiger partial charge in [-0.2, -0.15) is 5.10 Å². The van der Waals surface area contributed by atoms with Crippen molar-refractivity contribution >= 4 is 28.5 Å². The smallest absolute Gasteiger partial charge is 0.338 e. The first-order valence-electron chi connectivity index (χ1n) is 9.49. The maximum absolute atomic E-state index is 12.5. The van der Waals surface area contributed by atoms with Gasteiger partial charge in [0.1, 0.15) is 0 Å². The molecule has 0 saturated heterocycles. The van der Waals surface area contributed by atoms with Crippen molar-refractivity contribution in [3.05, 3.63) is 84.3 Å². The summed E-state index contributed by atoms with van der Waals surface area (Å²) >= 11 is 0. The molecular weight excluding hydrogens is 380 g/mol. The van der Waals surface area contributed by atoms with Crippen LogP contribution in [0, 0.1) is 6.92 Å². The number of carbonyl (C=O) groups excluding carboxylic acids is 2. The fourth-order valence-electron chi connectivity index (χ4n) is 3.11. The second-order valence-corrected chi connectivity index (χ2v) is 6.84. The number of rotatable bonds is 5. The number of amides is 1. The number of benzene rings is 2. The third-order valence-corrected chi connectivity index (χ3v) is 4.74. The van der Waals surface area contributed by atoms with Crippen molar-refractivity contribution in [2.75, 3.05) is 5.32 Å². The average Bonchev–Trinajstić information content (AvgIpc) is 3.20. The molecule has 7 nitrogen and oxygen atoms in total.